The van der Waals surface area contributed by atoms with Crippen molar-refractivity contribution in [1.82, 2.24) is 4.90 Å². The Bertz CT molecular complexity index is 776. The van der Waals surface area contributed by atoms with Crippen molar-refractivity contribution in [3.05, 3.63) is 69.7 Å². The molecule has 1 aliphatic rings. The largest absolute Gasteiger partial charge is 0.481 e. The molecule has 25 heavy (non-hydrogen) atoms. The fourth-order valence-corrected chi connectivity index (χ4v) is 3.89. The molecule has 1 heterocycles. The van der Waals surface area contributed by atoms with Gasteiger partial charge in [-0.15, -0.1) is 0 Å². The molecule has 1 saturated heterocycles. The zero-order valence-corrected chi connectivity index (χ0v) is 15.0. The summed E-state index contributed by atoms with van der Waals surface area (Å²) in [6, 6.07) is 10.8. The molecule has 2 aromatic carbocycles. The lowest BCUT2D eigenvalue weighted by atomic mass is 9.91. The Morgan fingerprint density at radius 2 is 1.80 bits per heavy atom. The van der Waals surface area contributed by atoms with Crippen LogP contribution in [0.5, 0.6) is 0 Å². The average molecular weight is 410 g/mol. The summed E-state index contributed by atoms with van der Waals surface area (Å²) in [7, 11) is 0. The molecule has 0 aromatic heterocycles. The molecule has 1 aliphatic heterocycles. The summed E-state index contributed by atoms with van der Waals surface area (Å²) in [5.41, 5.74) is 1.27. The first-order chi connectivity index (χ1) is 12.0. The van der Waals surface area contributed by atoms with Gasteiger partial charge in [0.05, 0.1) is 12.0 Å². The molecule has 0 aliphatic carbocycles. The van der Waals surface area contributed by atoms with Crippen LogP contribution >= 0.6 is 15.9 Å². The third-order valence-electron chi connectivity index (χ3n) is 4.70. The van der Waals surface area contributed by atoms with Crippen molar-refractivity contribution in [2.75, 3.05) is 13.1 Å². The van der Waals surface area contributed by atoms with E-state index in [0.717, 1.165) is 16.1 Å². The third-order valence-corrected chi connectivity index (χ3v) is 5.42. The van der Waals surface area contributed by atoms with Crippen molar-refractivity contribution in [2.24, 2.45) is 5.92 Å². The van der Waals surface area contributed by atoms with Crippen LogP contribution in [0.2, 0.25) is 0 Å². The predicted octanol–water partition coefficient (Wildman–Crippen LogP) is 4.61. The molecular formula is C19H18BrF2NO2. The van der Waals surface area contributed by atoms with Gasteiger partial charge in [-0.05, 0) is 43.6 Å². The highest BCUT2D eigenvalue weighted by Crippen LogP contribution is 2.37. The highest BCUT2D eigenvalue weighted by molar-refractivity contribution is 9.10. The highest BCUT2D eigenvalue weighted by atomic mass is 79.9. The van der Waals surface area contributed by atoms with Gasteiger partial charge in [0, 0.05) is 16.1 Å². The molecule has 0 saturated carbocycles. The van der Waals surface area contributed by atoms with E-state index in [1.807, 2.05) is 24.3 Å². The summed E-state index contributed by atoms with van der Waals surface area (Å²) < 4.78 is 28.7. The number of hydrogen-bond donors (Lipinski definition) is 1. The SMILES string of the molecule is O=C(O)C1CCN(C(c2ccc(F)cc2F)c2ccccc2Br)CC1. The number of nitrogens with zero attached hydrogens (tertiary/aromatic N) is 1. The number of rotatable bonds is 4. The quantitative estimate of drug-likeness (QED) is 0.800. The number of benzene rings is 2. The van der Waals surface area contributed by atoms with Gasteiger partial charge in [0.2, 0.25) is 0 Å². The zero-order chi connectivity index (χ0) is 18.0. The number of carboxylic acid groups (broad SMARTS) is 1. The van der Waals surface area contributed by atoms with E-state index in [-0.39, 0.29) is 5.92 Å². The van der Waals surface area contributed by atoms with Gasteiger partial charge in [-0.2, -0.15) is 0 Å². The zero-order valence-electron chi connectivity index (χ0n) is 13.5. The molecule has 1 N–H and O–H groups in total. The van der Waals surface area contributed by atoms with E-state index < -0.39 is 23.6 Å². The topological polar surface area (TPSA) is 40.5 Å². The lowest BCUT2D eigenvalue weighted by molar-refractivity contribution is -0.143. The monoisotopic (exact) mass is 409 g/mol. The number of piperidine rings is 1. The molecule has 0 spiro atoms. The Morgan fingerprint density at radius 3 is 2.40 bits per heavy atom. The number of aliphatic carboxylic acids is 1. The minimum atomic E-state index is -0.787. The van der Waals surface area contributed by atoms with Gasteiger partial charge in [0.25, 0.3) is 0 Å². The minimum absolute atomic E-state index is 0.367. The van der Waals surface area contributed by atoms with Crippen molar-refractivity contribution in [2.45, 2.75) is 18.9 Å². The summed E-state index contributed by atoms with van der Waals surface area (Å²) in [5.74, 6) is -2.36. The van der Waals surface area contributed by atoms with Crippen molar-refractivity contribution in [1.29, 1.82) is 0 Å². The van der Waals surface area contributed by atoms with E-state index >= 15 is 0 Å². The van der Waals surface area contributed by atoms with E-state index in [1.165, 1.54) is 12.1 Å². The van der Waals surface area contributed by atoms with Crippen LogP contribution in [-0.4, -0.2) is 29.1 Å². The molecule has 1 fully saturated rings. The number of hydrogen-bond acceptors (Lipinski definition) is 2. The molecule has 1 unspecified atom stereocenters. The number of carbonyl (C=O) groups is 1. The van der Waals surface area contributed by atoms with Crippen molar-refractivity contribution in [3.63, 3.8) is 0 Å². The summed E-state index contributed by atoms with van der Waals surface area (Å²) in [6.07, 6.45) is 1.03. The van der Waals surface area contributed by atoms with E-state index in [1.54, 1.807) is 0 Å². The number of halogens is 3. The normalized spacial score (nSPS) is 17.4. The van der Waals surface area contributed by atoms with Crippen LogP contribution in [-0.2, 0) is 4.79 Å². The van der Waals surface area contributed by atoms with Gasteiger partial charge in [-0.3, -0.25) is 9.69 Å². The fourth-order valence-electron chi connectivity index (χ4n) is 3.39. The molecular weight excluding hydrogens is 392 g/mol. The number of carboxylic acids is 1. The van der Waals surface area contributed by atoms with Crippen LogP contribution < -0.4 is 0 Å². The second-order valence-corrected chi connectivity index (χ2v) is 7.09. The molecule has 132 valence electrons. The molecule has 0 radical (unpaired) electrons. The van der Waals surface area contributed by atoms with Gasteiger partial charge in [-0.25, -0.2) is 8.78 Å². The second-order valence-electron chi connectivity index (χ2n) is 6.24. The smallest absolute Gasteiger partial charge is 0.306 e. The Morgan fingerprint density at radius 1 is 1.12 bits per heavy atom. The lowest BCUT2D eigenvalue weighted by Gasteiger charge is -2.37. The van der Waals surface area contributed by atoms with E-state index in [0.29, 0.717) is 31.5 Å². The summed E-state index contributed by atoms with van der Waals surface area (Å²) in [6.45, 7) is 1.08. The van der Waals surface area contributed by atoms with Crippen LogP contribution in [0.25, 0.3) is 0 Å². The Balaban J connectivity index is 1.99. The van der Waals surface area contributed by atoms with Crippen molar-refractivity contribution >= 4 is 21.9 Å². The fraction of sp³-hybridized carbons (Fsp3) is 0.316. The van der Waals surface area contributed by atoms with Gasteiger partial charge < -0.3 is 5.11 Å². The van der Waals surface area contributed by atoms with Crippen LogP contribution in [0, 0.1) is 17.6 Å². The number of likely N-dealkylation sites (tertiary alicyclic amines) is 1. The Labute approximate surface area is 153 Å². The van der Waals surface area contributed by atoms with Crippen LogP contribution in [0.4, 0.5) is 8.78 Å². The van der Waals surface area contributed by atoms with Crippen LogP contribution in [0.1, 0.15) is 30.0 Å². The first-order valence-corrected chi connectivity index (χ1v) is 8.93. The molecule has 0 bridgehead atoms. The summed E-state index contributed by atoms with van der Waals surface area (Å²) >= 11 is 3.52. The molecule has 3 rings (SSSR count). The average Bonchev–Trinajstić information content (AvgIpc) is 2.59. The summed E-state index contributed by atoms with van der Waals surface area (Å²) in [4.78, 5) is 13.3. The molecule has 6 heteroatoms. The van der Waals surface area contributed by atoms with Gasteiger partial charge in [0.15, 0.2) is 0 Å². The maximum atomic E-state index is 14.5. The molecule has 2 aromatic rings. The molecule has 3 nitrogen and oxygen atoms in total. The Kier molecular flexibility index (Phi) is 5.49. The minimum Gasteiger partial charge on any atom is -0.481 e. The van der Waals surface area contributed by atoms with Crippen molar-refractivity contribution < 1.29 is 18.7 Å². The maximum Gasteiger partial charge on any atom is 0.306 e. The maximum absolute atomic E-state index is 14.5. The van der Waals surface area contributed by atoms with E-state index in [4.69, 9.17) is 0 Å². The van der Waals surface area contributed by atoms with E-state index in [9.17, 15) is 18.7 Å². The second kappa shape index (κ2) is 7.62. The van der Waals surface area contributed by atoms with E-state index in [2.05, 4.69) is 20.8 Å². The van der Waals surface area contributed by atoms with Crippen LogP contribution in [0.15, 0.2) is 46.9 Å². The molecule has 1 atom stereocenters. The summed E-state index contributed by atoms with van der Waals surface area (Å²) in [5, 5.41) is 9.19. The highest BCUT2D eigenvalue weighted by Gasteiger charge is 2.32. The standard InChI is InChI=1S/C19H18BrF2NO2/c20-16-4-2-1-3-14(16)18(15-6-5-13(21)11-17(15)22)23-9-7-12(8-10-23)19(24)25/h1-6,11-12,18H,7-10H2,(H,24,25). The van der Waals surface area contributed by atoms with Gasteiger partial charge in [0.1, 0.15) is 11.6 Å². The van der Waals surface area contributed by atoms with Gasteiger partial charge in [-0.1, -0.05) is 40.2 Å². The third kappa shape index (κ3) is 3.90. The van der Waals surface area contributed by atoms with Crippen molar-refractivity contribution in [3.8, 4) is 0 Å². The van der Waals surface area contributed by atoms with Gasteiger partial charge >= 0.3 is 5.97 Å². The first kappa shape index (κ1) is 18.0. The van der Waals surface area contributed by atoms with Crippen LogP contribution in [0.3, 0.4) is 0 Å². The first-order valence-electron chi connectivity index (χ1n) is 8.13. The molecule has 0 amide bonds. The Hall–Kier alpha value is -1.79. The lowest BCUT2D eigenvalue weighted by Crippen LogP contribution is -2.39. The predicted molar refractivity (Wildman–Crippen MR) is 94.3 cm³/mol.